The van der Waals surface area contributed by atoms with E-state index in [9.17, 15) is 15.0 Å². The Kier molecular flexibility index (Phi) is 7.25. The lowest BCUT2D eigenvalue weighted by Crippen LogP contribution is -2.44. The van der Waals surface area contributed by atoms with Gasteiger partial charge in [-0.2, -0.15) is 0 Å². The normalized spacial score (nSPS) is 23.0. The predicted molar refractivity (Wildman–Crippen MR) is 130 cm³/mol. The van der Waals surface area contributed by atoms with Crippen molar-refractivity contribution in [3.63, 3.8) is 0 Å². The molecule has 0 saturated heterocycles. The number of pyridine rings is 1. The highest BCUT2D eigenvalue weighted by atomic mass is 35.5. The number of hydrogen-bond acceptors (Lipinski definition) is 5. The second-order valence-corrected chi connectivity index (χ2v) is 9.49. The topological polar surface area (TPSA) is 82.9 Å². The molecule has 1 aromatic carbocycles. The van der Waals surface area contributed by atoms with E-state index in [4.69, 9.17) is 16.3 Å². The number of anilines is 1. The Morgan fingerprint density at radius 2 is 2.18 bits per heavy atom. The fraction of sp³-hybridized carbons (Fsp3) is 0.462. The van der Waals surface area contributed by atoms with Crippen molar-refractivity contribution in [1.82, 2.24) is 4.98 Å². The Balaban J connectivity index is 1.68. The van der Waals surface area contributed by atoms with Crippen LogP contribution < -0.4 is 9.64 Å². The summed E-state index contributed by atoms with van der Waals surface area (Å²) >= 11 is 6.29. The first kappa shape index (κ1) is 23.6. The monoisotopic (exact) mass is 470 g/mol. The van der Waals surface area contributed by atoms with Crippen molar-refractivity contribution in [3.8, 4) is 5.75 Å². The minimum atomic E-state index is -1.06. The third-order valence-electron chi connectivity index (χ3n) is 6.91. The second kappa shape index (κ2) is 10.1. The molecular formula is C26H31ClN2O4. The molecule has 2 aliphatic rings. The van der Waals surface area contributed by atoms with Crippen LogP contribution in [0.5, 0.6) is 5.75 Å². The molecule has 6 nitrogen and oxygen atoms in total. The minimum absolute atomic E-state index is 0.00440. The van der Waals surface area contributed by atoms with Gasteiger partial charge in [-0.3, -0.25) is 0 Å². The maximum Gasteiger partial charge on any atom is 0.354 e. The smallest absolute Gasteiger partial charge is 0.354 e. The molecule has 0 radical (unpaired) electrons. The van der Waals surface area contributed by atoms with Crippen LogP contribution in [0.25, 0.3) is 0 Å². The third kappa shape index (κ3) is 5.02. The molecule has 0 bridgehead atoms. The quantitative estimate of drug-likeness (QED) is 0.531. The lowest BCUT2D eigenvalue weighted by atomic mass is 9.70. The first-order valence-electron chi connectivity index (χ1n) is 11.6. The van der Waals surface area contributed by atoms with Gasteiger partial charge in [-0.1, -0.05) is 37.1 Å². The van der Waals surface area contributed by atoms with Gasteiger partial charge in [0.25, 0.3) is 0 Å². The van der Waals surface area contributed by atoms with E-state index in [2.05, 4.69) is 29.5 Å². The Labute approximate surface area is 199 Å². The minimum Gasteiger partial charge on any atom is -0.489 e. The van der Waals surface area contributed by atoms with Crippen molar-refractivity contribution in [1.29, 1.82) is 0 Å². The molecule has 33 heavy (non-hydrogen) atoms. The average Bonchev–Trinajstić information content (AvgIpc) is 2.96. The molecular weight excluding hydrogens is 440 g/mol. The largest absolute Gasteiger partial charge is 0.489 e. The number of nitrogens with zero attached hydrogens (tertiary/aromatic N) is 2. The maximum absolute atomic E-state index is 11.6. The number of aromatic carboxylic acids is 1. The molecule has 1 aliphatic carbocycles. The van der Waals surface area contributed by atoms with Crippen LogP contribution in [0.1, 0.15) is 53.7 Å². The molecule has 1 fully saturated rings. The molecule has 0 spiro atoms. The number of hydrogen-bond donors (Lipinski definition) is 2. The molecule has 1 aromatic heterocycles. The van der Waals surface area contributed by atoms with E-state index in [1.54, 1.807) is 12.1 Å². The standard InChI is InChI=1S/C26H31ClN2O4/c1-3-5-16-12-19(27)7-9-20(16)18-14-29(13-17-6-8-21(17)23(30)4-2)25-24(33-15-18)11-10-22(28-25)26(31)32/h4,7,9-12,17-18,21,23,30H,2-3,5-6,8,13-15H2,1H3,(H,31,32). The highest BCUT2D eigenvalue weighted by molar-refractivity contribution is 6.30. The number of carboxylic acid groups (broad SMARTS) is 1. The van der Waals surface area contributed by atoms with Gasteiger partial charge in [-0.05, 0) is 66.5 Å². The number of carboxylic acids is 1. The summed E-state index contributed by atoms with van der Waals surface area (Å²) in [6, 6.07) is 9.22. The molecule has 2 aromatic rings. The predicted octanol–water partition coefficient (Wildman–Crippen LogP) is 4.94. The summed E-state index contributed by atoms with van der Waals surface area (Å²) in [4.78, 5) is 18.2. The number of carbonyl (C=O) groups is 1. The number of aromatic nitrogens is 1. The lowest BCUT2D eigenvalue weighted by molar-refractivity contribution is 0.0464. The van der Waals surface area contributed by atoms with Gasteiger partial charge in [-0.25, -0.2) is 9.78 Å². The first-order chi connectivity index (χ1) is 15.9. The molecule has 176 valence electrons. The van der Waals surface area contributed by atoms with Crippen LogP contribution in [0.2, 0.25) is 5.02 Å². The van der Waals surface area contributed by atoms with E-state index in [0.29, 0.717) is 31.3 Å². The van der Waals surface area contributed by atoms with E-state index in [-0.39, 0.29) is 23.4 Å². The second-order valence-electron chi connectivity index (χ2n) is 9.06. The zero-order chi connectivity index (χ0) is 23.5. The summed E-state index contributed by atoms with van der Waals surface area (Å²) in [5.74, 6) is 0.595. The number of aliphatic hydroxyl groups excluding tert-OH is 1. The van der Waals surface area contributed by atoms with Crippen LogP contribution in [-0.4, -0.2) is 47.0 Å². The Morgan fingerprint density at radius 3 is 2.85 bits per heavy atom. The molecule has 7 heteroatoms. The van der Waals surface area contributed by atoms with E-state index in [0.717, 1.165) is 30.7 Å². The Morgan fingerprint density at radius 1 is 1.36 bits per heavy atom. The number of fused-ring (bicyclic) bond motifs is 1. The van der Waals surface area contributed by atoms with E-state index in [1.807, 2.05) is 12.1 Å². The molecule has 4 atom stereocenters. The van der Waals surface area contributed by atoms with Gasteiger partial charge in [0.05, 0.1) is 12.7 Å². The fourth-order valence-electron chi connectivity index (χ4n) is 5.03. The third-order valence-corrected chi connectivity index (χ3v) is 7.15. The van der Waals surface area contributed by atoms with Crippen molar-refractivity contribution < 1.29 is 19.7 Å². The highest BCUT2D eigenvalue weighted by Gasteiger charge is 2.38. The van der Waals surface area contributed by atoms with Crippen LogP contribution >= 0.6 is 11.6 Å². The molecule has 2 N–H and O–H groups in total. The number of benzene rings is 1. The van der Waals surface area contributed by atoms with E-state index >= 15 is 0 Å². The molecule has 1 aliphatic heterocycles. The summed E-state index contributed by atoms with van der Waals surface area (Å²) in [5.41, 5.74) is 2.41. The van der Waals surface area contributed by atoms with Gasteiger partial charge >= 0.3 is 5.97 Å². The number of halogens is 1. The van der Waals surface area contributed by atoms with Gasteiger partial charge in [0, 0.05) is 24.0 Å². The number of ether oxygens (including phenoxy) is 1. The van der Waals surface area contributed by atoms with Crippen LogP contribution in [0, 0.1) is 11.8 Å². The van der Waals surface area contributed by atoms with Crippen molar-refractivity contribution in [2.45, 2.75) is 44.6 Å². The lowest BCUT2D eigenvalue weighted by Gasteiger charge is -2.42. The van der Waals surface area contributed by atoms with Crippen LogP contribution in [-0.2, 0) is 6.42 Å². The van der Waals surface area contributed by atoms with E-state index < -0.39 is 12.1 Å². The summed E-state index contributed by atoms with van der Waals surface area (Å²) in [5, 5.41) is 20.6. The van der Waals surface area contributed by atoms with Gasteiger partial charge in [0.1, 0.15) is 0 Å². The van der Waals surface area contributed by atoms with Crippen molar-refractivity contribution in [2.75, 3.05) is 24.6 Å². The summed E-state index contributed by atoms with van der Waals surface area (Å²) in [7, 11) is 0. The zero-order valence-electron chi connectivity index (χ0n) is 18.9. The van der Waals surface area contributed by atoms with Crippen molar-refractivity contribution >= 4 is 23.4 Å². The van der Waals surface area contributed by atoms with Gasteiger partial charge in [0.2, 0.25) is 0 Å². The van der Waals surface area contributed by atoms with Crippen molar-refractivity contribution in [2.24, 2.45) is 11.8 Å². The summed E-state index contributed by atoms with van der Waals surface area (Å²) < 4.78 is 6.18. The van der Waals surface area contributed by atoms with Gasteiger partial charge < -0.3 is 19.8 Å². The van der Waals surface area contributed by atoms with Crippen molar-refractivity contribution in [3.05, 3.63) is 64.8 Å². The first-order valence-corrected chi connectivity index (χ1v) is 12.0. The zero-order valence-corrected chi connectivity index (χ0v) is 19.7. The van der Waals surface area contributed by atoms with Crippen LogP contribution in [0.4, 0.5) is 5.82 Å². The summed E-state index contributed by atoms with van der Waals surface area (Å²) in [6.07, 6.45) is 4.97. The highest BCUT2D eigenvalue weighted by Crippen LogP contribution is 2.41. The number of aliphatic hydroxyl groups is 1. The van der Waals surface area contributed by atoms with Gasteiger partial charge in [0.15, 0.2) is 17.3 Å². The van der Waals surface area contributed by atoms with Crippen LogP contribution in [0.15, 0.2) is 43.0 Å². The number of rotatable bonds is 8. The molecule has 4 rings (SSSR count). The molecule has 4 unspecified atom stereocenters. The fourth-order valence-corrected chi connectivity index (χ4v) is 5.22. The Bertz CT molecular complexity index is 1030. The molecule has 2 heterocycles. The molecule has 0 amide bonds. The van der Waals surface area contributed by atoms with Crippen LogP contribution in [0.3, 0.4) is 0 Å². The van der Waals surface area contributed by atoms with Gasteiger partial charge in [-0.15, -0.1) is 6.58 Å². The average molecular weight is 471 g/mol. The molecule has 1 saturated carbocycles. The summed E-state index contributed by atoms with van der Waals surface area (Å²) in [6.45, 7) is 7.68. The Hall–Kier alpha value is -2.57. The van der Waals surface area contributed by atoms with E-state index in [1.165, 1.54) is 17.2 Å². The SMILES string of the molecule is C=CC(O)C1CCC1CN1CC(c2ccc(Cl)cc2CCC)COc2ccc(C(=O)O)nc21. The maximum atomic E-state index is 11.6. The number of aryl methyl sites for hydroxylation is 1.